The van der Waals surface area contributed by atoms with Crippen molar-refractivity contribution in [1.29, 1.82) is 0 Å². The Balaban J connectivity index is 2.05. The van der Waals surface area contributed by atoms with Gasteiger partial charge in [-0.25, -0.2) is 0 Å². The highest BCUT2D eigenvalue weighted by molar-refractivity contribution is 6.55. The summed E-state index contributed by atoms with van der Waals surface area (Å²) in [6.07, 6.45) is 1.66. The van der Waals surface area contributed by atoms with Crippen molar-refractivity contribution in [3.05, 3.63) is 39.7 Å². The topological polar surface area (TPSA) is 55.7 Å². The lowest BCUT2D eigenvalue weighted by Gasteiger charge is -2.04. The Morgan fingerprint density at radius 1 is 1.30 bits per heavy atom. The maximum absolute atomic E-state index is 12.1. The summed E-state index contributed by atoms with van der Waals surface area (Å²) in [5.41, 5.74) is 0.0578. The molecule has 0 radical (unpaired) electrons. The zero-order valence-corrected chi connectivity index (χ0v) is 12.5. The molecule has 0 aromatic heterocycles. The van der Waals surface area contributed by atoms with Gasteiger partial charge in [0.15, 0.2) is 0 Å². The van der Waals surface area contributed by atoms with Gasteiger partial charge in [-0.2, -0.15) is 0 Å². The van der Waals surface area contributed by atoms with Gasteiger partial charge in [0.25, 0.3) is 0 Å². The normalized spacial score (nSPS) is 22.8. The van der Waals surface area contributed by atoms with Gasteiger partial charge in [-0.1, -0.05) is 37.0 Å². The molecular weight excluding hydrogens is 301 g/mol. The lowest BCUT2D eigenvalue weighted by Crippen LogP contribution is -2.13. The predicted molar refractivity (Wildman–Crippen MR) is 78.1 cm³/mol. The summed E-state index contributed by atoms with van der Waals surface area (Å²) in [5.74, 6) is -0.266. The van der Waals surface area contributed by atoms with Crippen LogP contribution in [0.3, 0.4) is 0 Å². The molecule has 20 heavy (non-hydrogen) atoms. The number of carbonyl (C=O) groups is 1. The molecule has 6 heteroatoms. The van der Waals surface area contributed by atoms with Gasteiger partial charge < -0.3 is 4.74 Å². The van der Waals surface area contributed by atoms with Gasteiger partial charge in [0.05, 0.1) is 5.92 Å². The first kappa shape index (κ1) is 15.0. The van der Waals surface area contributed by atoms with E-state index in [1.165, 1.54) is 24.3 Å². The molecule has 0 aliphatic heterocycles. The summed E-state index contributed by atoms with van der Waals surface area (Å²) in [5, 5.41) is 2.78. The summed E-state index contributed by atoms with van der Waals surface area (Å²) < 4.78 is 5.44. The van der Waals surface area contributed by atoms with Crippen molar-refractivity contribution in [3.8, 4) is 5.75 Å². The fourth-order valence-corrected chi connectivity index (χ4v) is 2.60. The van der Waals surface area contributed by atoms with Crippen LogP contribution in [0, 0.1) is 22.2 Å². The van der Waals surface area contributed by atoms with E-state index in [9.17, 15) is 9.70 Å². The number of esters is 1. The molecule has 1 saturated carbocycles. The van der Waals surface area contributed by atoms with Crippen LogP contribution in [0.4, 0.5) is 5.69 Å². The SMILES string of the molecule is CC1(C)[C@@H](C=C(Cl)Cl)[C@@H]1C(=O)Oc1ccc(N=O)cc1. The van der Waals surface area contributed by atoms with Crippen LogP contribution in [-0.2, 0) is 4.79 Å². The number of rotatable bonds is 4. The predicted octanol–water partition coefficient (Wildman–Crippen LogP) is 4.58. The first-order valence-corrected chi connectivity index (χ1v) is 6.80. The third kappa shape index (κ3) is 3.02. The molecule has 1 aromatic rings. The Morgan fingerprint density at radius 2 is 1.90 bits per heavy atom. The molecule has 0 unspecified atom stereocenters. The number of halogens is 2. The third-order valence-electron chi connectivity index (χ3n) is 3.63. The van der Waals surface area contributed by atoms with Crippen molar-refractivity contribution in [3.63, 3.8) is 0 Å². The van der Waals surface area contributed by atoms with Gasteiger partial charge in [0, 0.05) is 0 Å². The first-order valence-electron chi connectivity index (χ1n) is 6.04. The maximum Gasteiger partial charge on any atom is 0.315 e. The number of carbonyl (C=O) groups excluding carboxylic acids is 1. The molecule has 0 saturated heterocycles. The van der Waals surface area contributed by atoms with Crippen LogP contribution < -0.4 is 4.74 Å². The molecule has 2 atom stereocenters. The van der Waals surface area contributed by atoms with Crippen LogP contribution >= 0.6 is 23.2 Å². The molecule has 0 N–H and O–H groups in total. The highest BCUT2D eigenvalue weighted by Gasteiger charge is 2.61. The van der Waals surface area contributed by atoms with Gasteiger partial charge in [0.1, 0.15) is 15.9 Å². The smallest absolute Gasteiger partial charge is 0.315 e. The molecular formula is C14H13Cl2NO3. The van der Waals surface area contributed by atoms with E-state index in [4.69, 9.17) is 27.9 Å². The quantitative estimate of drug-likeness (QED) is 0.464. The van der Waals surface area contributed by atoms with E-state index in [1.54, 1.807) is 6.08 Å². The number of nitrogens with zero attached hydrogens (tertiary/aromatic N) is 1. The Labute approximate surface area is 126 Å². The lowest BCUT2D eigenvalue weighted by atomic mass is 10.1. The van der Waals surface area contributed by atoms with E-state index in [2.05, 4.69) is 5.18 Å². The molecule has 1 aliphatic rings. The highest BCUT2D eigenvalue weighted by Crippen LogP contribution is 2.60. The van der Waals surface area contributed by atoms with Crippen LogP contribution in [0.25, 0.3) is 0 Å². The number of allylic oxidation sites excluding steroid dienone is 1. The number of nitroso groups, excluding NO2 is 1. The van der Waals surface area contributed by atoms with E-state index >= 15 is 0 Å². The summed E-state index contributed by atoms with van der Waals surface area (Å²) >= 11 is 11.3. The summed E-state index contributed by atoms with van der Waals surface area (Å²) in [6, 6.07) is 6.04. The Hall–Kier alpha value is -1.39. The Bertz CT molecular complexity index is 562. The van der Waals surface area contributed by atoms with Gasteiger partial charge in [-0.15, -0.1) is 4.91 Å². The molecule has 0 bridgehead atoms. The second kappa shape index (κ2) is 5.54. The monoisotopic (exact) mass is 313 g/mol. The van der Waals surface area contributed by atoms with Gasteiger partial charge in [-0.3, -0.25) is 4.79 Å². The summed E-state index contributed by atoms with van der Waals surface area (Å²) in [7, 11) is 0. The van der Waals surface area contributed by atoms with Gasteiger partial charge >= 0.3 is 5.97 Å². The highest BCUT2D eigenvalue weighted by atomic mass is 35.5. The van der Waals surface area contributed by atoms with E-state index in [0.717, 1.165) is 0 Å². The lowest BCUT2D eigenvalue weighted by molar-refractivity contribution is -0.136. The fraction of sp³-hybridized carbons (Fsp3) is 0.357. The van der Waals surface area contributed by atoms with E-state index in [1.807, 2.05) is 13.8 Å². The van der Waals surface area contributed by atoms with E-state index < -0.39 is 0 Å². The maximum atomic E-state index is 12.1. The molecule has 4 nitrogen and oxygen atoms in total. The largest absolute Gasteiger partial charge is 0.426 e. The minimum absolute atomic E-state index is 0.0316. The molecule has 2 rings (SSSR count). The summed E-state index contributed by atoms with van der Waals surface area (Å²) in [6.45, 7) is 3.91. The van der Waals surface area contributed by atoms with Crippen molar-refractivity contribution in [2.24, 2.45) is 22.4 Å². The minimum Gasteiger partial charge on any atom is -0.426 e. The standard InChI is InChI=1S/C14H13Cl2NO3/c1-14(2)10(7-11(15)16)12(14)13(18)20-9-5-3-8(17-19)4-6-9/h3-7,10,12H,1-2H3/t10-,12+/m0/s1. The molecule has 0 heterocycles. The van der Waals surface area contributed by atoms with Crippen molar-refractivity contribution in [2.45, 2.75) is 13.8 Å². The zero-order valence-electron chi connectivity index (χ0n) is 11.0. The van der Waals surface area contributed by atoms with Crippen LogP contribution in [0.5, 0.6) is 5.75 Å². The van der Waals surface area contributed by atoms with Gasteiger partial charge in [0.2, 0.25) is 0 Å². The van der Waals surface area contributed by atoms with Crippen LogP contribution in [0.15, 0.2) is 40.0 Å². The molecule has 0 spiro atoms. The van der Waals surface area contributed by atoms with E-state index in [0.29, 0.717) is 5.75 Å². The average molecular weight is 314 g/mol. The molecule has 0 amide bonds. The van der Waals surface area contributed by atoms with Crippen molar-refractivity contribution < 1.29 is 9.53 Å². The first-order chi connectivity index (χ1) is 9.36. The van der Waals surface area contributed by atoms with Crippen molar-refractivity contribution >= 4 is 34.9 Å². The van der Waals surface area contributed by atoms with Crippen LogP contribution in [0.2, 0.25) is 0 Å². The summed E-state index contributed by atoms with van der Waals surface area (Å²) in [4.78, 5) is 22.4. The number of ether oxygens (including phenoxy) is 1. The van der Waals surface area contributed by atoms with Gasteiger partial charge in [-0.05, 0) is 46.9 Å². The van der Waals surface area contributed by atoms with Crippen LogP contribution in [-0.4, -0.2) is 5.97 Å². The number of benzene rings is 1. The number of hydrogen-bond donors (Lipinski definition) is 0. The molecule has 106 valence electrons. The van der Waals surface area contributed by atoms with Crippen molar-refractivity contribution in [1.82, 2.24) is 0 Å². The van der Waals surface area contributed by atoms with E-state index in [-0.39, 0.29) is 33.4 Å². The second-order valence-corrected chi connectivity index (χ2v) is 6.30. The Morgan fingerprint density at radius 3 is 2.40 bits per heavy atom. The Kier molecular flexibility index (Phi) is 4.16. The molecule has 1 aromatic carbocycles. The second-order valence-electron chi connectivity index (χ2n) is 5.29. The number of hydrogen-bond acceptors (Lipinski definition) is 4. The zero-order chi connectivity index (χ0) is 14.9. The molecule has 1 fully saturated rings. The third-order valence-corrected chi connectivity index (χ3v) is 3.88. The fourth-order valence-electron chi connectivity index (χ4n) is 2.33. The minimum atomic E-state index is -0.336. The average Bonchev–Trinajstić information content (AvgIpc) is 2.91. The van der Waals surface area contributed by atoms with Crippen molar-refractivity contribution in [2.75, 3.05) is 0 Å². The van der Waals surface area contributed by atoms with Crippen LogP contribution in [0.1, 0.15) is 13.8 Å². The molecule has 1 aliphatic carbocycles.